The average molecular weight is 409 g/mol. The van der Waals surface area contributed by atoms with Crippen molar-refractivity contribution in [1.29, 1.82) is 0 Å². The summed E-state index contributed by atoms with van der Waals surface area (Å²) in [6.45, 7) is 5.68. The minimum atomic E-state index is -0.704. The first kappa shape index (κ1) is 20.2. The van der Waals surface area contributed by atoms with E-state index >= 15 is 0 Å². The molecule has 2 N–H and O–H groups in total. The molecule has 8 heteroatoms. The lowest BCUT2D eigenvalue weighted by molar-refractivity contribution is 0.150. The highest BCUT2D eigenvalue weighted by Gasteiger charge is 2.21. The Morgan fingerprint density at radius 3 is 2.63 bits per heavy atom. The van der Waals surface area contributed by atoms with Gasteiger partial charge in [0.1, 0.15) is 11.6 Å². The van der Waals surface area contributed by atoms with Gasteiger partial charge in [-0.3, -0.25) is 9.36 Å². The van der Waals surface area contributed by atoms with Crippen molar-refractivity contribution < 1.29 is 8.57 Å². The molecule has 0 radical (unpaired) electrons. The second-order valence-corrected chi connectivity index (χ2v) is 10.5. The van der Waals surface area contributed by atoms with E-state index in [-0.39, 0.29) is 11.4 Å². The second kappa shape index (κ2) is 8.63. The average Bonchev–Trinajstić information content (AvgIpc) is 2.57. The van der Waals surface area contributed by atoms with Gasteiger partial charge in [-0.25, -0.2) is 4.39 Å². The molecular formula is C19H25FN3O2PS. The number of aryl methyl sites for hydroxylation is 2. The van der Waals surface area contributed by atoms with Crippen LogP contribution in [0.1, 0.15) is 30.4 Å². The highest BCUT2D eigenvalue weighted by Crippen LogP contribution is 2.49. The van der Waals surface area contributed by atoms with E-state index in [1.165, 1.54) is 28.7 Å². The van der Waals surface area contributed by atoms with Crippen LogP contribution < -0.4 is 16.0 Å². The lowest BCUT2D eigenvalue weighted by Gasteiger charge is -2.26. The summed E-state index contributed by atoms with van der Waals surface area (Å²) in [5.74, 6) is 0.183. The molecule has 27 heavy (non-hydrogen) atoms. The van der Waals surface area contributed by atoms with E-state index in [0.29, 0.717) is 23.2 Å². The van der Waals surface area contributed by atoms with Crippen molar-refractivity contribution >= 4 is 36.1 Å². The minimum Gasteiger partial charge on any atom is -0.351 e. The van der Waals surface area contributed by atoms with Crippen molar-refractivity contribution in [3.05, 3.63) is 51.6 Å². The Bertz CT molecular complexity index is 886. The molecule has 146 valence electrons. The Morgan fingerprint density at radius 1 is 1.26 bits per heavy atom. The van der Waals surface area contributed by atoms with E-state index in [1.807, 2.05) is 13.0 Å². The van der Waals surface area contributed by atoms with Crippen LogP contribution in [0.2, 0.25) is 0 Å². The van der Waals surface area contributed by atoms with E-state index < -0.39 is 7.27 Å². The Balaban J connectivity index is 1.84. The van der Waals surface area contributed by atoms with Crippen molar-refractivity contribution in [2.45, 2.75) is 39.2 Å². The molecule has 1 unspecified atom stereocenters. The summed E-state index contributed by atoms with van der Waals surface area (Å²) in [6, 6.07) is 6.79. The van der Waals surface area contributed by atoms with Crippen LogP contribution >= 0.6 is 18.9 Å². The summed E-state index contributed by atoms with van der Waals surface area (Å²) in [5, 5.41) is 6.51. The molecule has 1 atom stereocenters. The number of hydrogen-bond acceptors (Lipinski definition) is 5. The number of halogens is 1. The molecule has 3 rings (SSSR count). The van der Waals surface area contributed by atoms with Crippen LogP contribution in [0.25, 0.3) is 0 Å². The zero-order chi connectivity index (χ0) is 19.6. The fourth-order valence-electron chi connectivity index (χ4n) is 2.76. The van der Waals surface area contributed by atoms with E-state index in [0.717, 1.165) is 24.1 Å². The zero-order valence-electron chi connectivity index (χ0n) is 16.0. The van der Waals surface area contributed by atoms with E-state index in [2.05, 4.69) is 17.1 Å². The third-order valence-electron chi connectivity index (χ3n) is 4.59. The van der Waals surface area contributed by atoms with Gasteiger partial charge >= 0.3 is 0 Å². The van der Waals surface area contributed by atoms with Crippen LogP contribution in [0.3, 0.4) is 0 Å². The summed E-state index contributed by atoms with van der Waals surface area (Å²) >= 11 is 1.46. The minimum absolute atomic E-state index is 0.116. The van der Waals surface area contributed by atoms with Crippen molar-refractivity contribution in [3.63, 3.8) is 0 Å². The lowest BCUT2D eigenvalue weighted by Crippen LogP contribution is -2.23. The molecule has 1 heterocycles. The van der Waals surface area contributed by atoms with Gasteiger partial charge in [0.25, 0.3) is 5.56 Å². The van der Waals surface area contributed by atoms with Crippen LogP contribution in [-0.4, -0.2) is 17.3 Å². The molecule has 1 aromatic carbocycles. The van der Waals surface area contributed by atoms with Crippen LogP contribution in [0, 0.1) is 19.7 Å². The number of rotatable bonds is 7. The number of nitrogens with one attached hydrogen (secondary N) is 2. The molecule has 0 spiro atoms. The highest BCUT2D eigenvalue weighted by atomic mass is 32.7. The summed E-state index contributed by atoms with van der Waals surface area (Å²) in [4.78, 5) is 12.4. The van der Waals surface area contributed by atoms with Crippen LogP contribution in [0.4, 0.5) is 21.6 Å². The molecule has 1 aliphatic carbocycles. The topological polar surface area (TPSA) is 55.3 Å². The smallest absolute Gasteiger partial charge is 0.254 e. The first-order valence-electron chi connectivity index (χ1n) is 8.93. The molecule has 2 aromatic rings. The molecule has 1 saturated carbocycles. The normalized spacial score (nSPS) is 15.3. The molecule has 0 bridgehead atoms. The molecule has 5 nitrogen and oxygen atoms in total. The third-order valence-corrected chi connectivity index (χ3v) is 6.93. The van der Waals surface area contributed by atoms with Crippen molar-refractivity contribution in [2.75, 3.05) is 17.1 Å². The maximum Gasteiger partial charge on any atom is 0.254 e. The Kier molecular flexibility index (Phi) is 6.45. The van der Waals surface area contributed by atoms with Crippen LogP contribution in [0.15, 0.2) is 29.1 Å². The standard InChI is InChI=1S/C19H25FN3O2PS/c1-12-8-9-16(15(20)10-12)21-18-17(11-13(2)19(24)23(18)3)22-26(4)27-25-14-6-5-7-14/h8-11,14,21-22H,5-7H2,1-4H3. The van der Waals surface area contributed by atoms with Crippen LogP contribution in [-0.2, 0) is 11.2 Å². The van der Waals surface area contributed by atoms with Crippen molar-refractivity contribution in [1.82, 2.24) is 4.57 Å². The number of nitrogens with zero attached hydrogens (tertiary/aromatic N) is 1. The Morgan fingerprint density at radius 2 is 2.00 bits per heavy atom. The van der Waals surface area contributed by atoms with Gasteiger partial charge in [0.05, 0.1) is 24.8 Å². The van der Waals surface area contributed by atoms with Gasteiger partial charge in [-0.15, -0.1) is 0 Å². The number of hydrogen-bond donors (Lipinski definition) is 2. The predicted octanol–water partition coefficient (Wildman–Crippen LogP) is 5.46. The van der Waals surface area contributed by atoms with Gasteiger partial charge in [-0.05, 0) is 63.5 Å². The number of benzene rings is 1. The maximum absolute atomic E-state index is 14.3. The summed E-state index contributed by atoms with van der Waals surface area (Å²) in [5.41, 5.74) is 2.45. The molecule has 0 amide bonds. The molecular weight excluding hydrogens is 384 g/mol. The summed E-state index contributed by atoms with van der Waals surface area (Å²) in [7, 11) is 0.981. The van der Waals surface area contributed by atoms with E-state index in [1.54, 1.807) is 26.1 Å². The van der Waals surface area contributed by atoms with Gasteiger partial charge < -0.3 is 14.6 Å². The molecule has 1 aromatic heterocycles. The van der Waals surface area contributed by atoms with Gasteiger partial charge in [0.2, 0.25) is 0 Å². The summed E-state index contributed by atoms with van der Waals surface area (Å²) < 4.78 is 21.6. The molecule has 0 saturated heterocycles. The quantitative estimate of drug-likeness (QED) is 0.470. The number of anilines is 3. The Labute approximate surface area is 164 Å². The lowest BCUT2D eigenvalue weighted by atomic mass is 9.97. The van der Waals surface area contributed by atoms with Gasteiger partial charge in [0.15, 0.2) is 0 Å². The van der Waals surface area contributed by atoms with Crippen molar-refractivity contribution in [2.24, 2.45) is 7.05 Å². The SMILES string of the molecule is Cc1ccc(Nc2c(NP(C)SOC3CCC3)cc(C)c(=O)n2C)c(F)c1. The second-order valence-electron chi connectivity index (χ2n) is 6.90. The first-order valence-corrected chi connectivity index (χ1v) is 12.1. The van der Waals surface area contributed by atoms with Gasteiger partial charge in [0, 0.05) is 24.3 Å². The van der Waals surface area contributed by atoms with Crippen LogP contribution in [0.5, 0.6) is 0 Å². The number of aromatic nitrogens is 1. The maximum atomic E-state index is 14.3. The molecule has 0 aliphatic heterocycles. The molecule has 1 fully saturated rings. The number of pyridine rings is 1. The Hall–Kier alpha value is -1.56. The predicted molar refractivity (Wildman–Crippen MR) is 114 cm³/mol. The third kappa shape index (κ3) is 4.84. The van der Waals surface area contributed by atoms with Gasteiger partial charge in [-0.2, -0.15) is 0 Å². The van der Waals surface area contributed by atoms with Gasteiger partial charge in [-0.1, -0.05) is 6.07 Å². The fourth-order valence-corrected chi connectivity index (χ4v) is 4.91. The van der Waals surface area contributed by atoms with Crippen molar-refractivity contribution in [3.8, 4) is 0 Å². The monoisotopic (exact) mass is 409 g/mol. The fraction of sp³-hybridized carbons (Fsp3) is 0.421. The largest absolute Gasteiger partial charge is 0.351 e. The van der Waals surface area contributed by atoms with E-state index in [4.69, 9.17) is 4.18 Å². The molecule has 1 aliphatic rings. The van der Waals surface area contributed by atoms with E-state index in [9.17, 15) is 9.18 Å². The highest BCUT2D eigenvalue weighted by molar-refractivity contribution is 8.53. The zero-order valence-corrected chi connectivity index (χ0v) is 17.7. The first-order chi connectivity index (χ1) is 12.8. The summed E-state index contributed by atoms with van der Waals surface area (Å²) in [6.07, 6.45) is 3.82.